The number of hydrogen-bond donors (Lipinski definition) is 1. The van der Waals surface area contributed by atoms with Gasteiger partial charge >= 0.3 is 0 Å². The van der Waals surface area contributed by atoms with E-state index in [1.807, 2.05) is 24.3 Å². The minimum absolute atomic E-state index is 0.139. The van der Waals surface area contributed by atoms with E-state index in [0.717, 1.165) is 24.3 Å². The highest BCUT2D eigenvalue weighted by molar-refractivity contribution is 7.92. The minimum atomic E-state index is -3.16. The van der Waals surface area contributed by atoms with Crippen molar-refractivity contribution in [2.24, 2.45) is 0 Å². The summed E-state index contributed by atoms with van der Waals surface area (Å²) in [7, 11) is -1.53. The third-order valence-electron chi connectivity index (χ3n) is 4.01. The molecule has 0 aliphatic carbocycles. The predicted octanol–water partition coefficient (Wildman–Crippen LogP) is 2.43. The Labute approximate surface area is 128 Å². The van der Waals surface area contributed by atoms with Crippen molar-refractivity contribution < 1.29 is 13.2 Å². The normalized spacial score (nSPS) is 14.0. The topological polar surface area (TPSA) is 55.4 Å². The molecule has 1 atom stereocenters. The van der Waals surface area contributed by atoms with Crippen LogP contribution in [0.3, 0.4) is 0 Å². The molecule has 1 aromatic carbocycles. The average molecular weight is 313 g/mol. The summed E-state index contributed by atoms with van der Waals surface area (Å²) in [6.07, 6.45) is 2.92. The molecule has 0 aromatic heterocycles. The van der Waals surface area contributed by atoms with Gasteiger partial charge in [0.15, 0.2) is 9.84 Å². The van der Waals surface area contributed by atoms with Gasteiger partial charge in [0.05, 0.1) is 11.9 Å². The molecule has 0 heterocycles. The number of sulfone groups is 1. The number of rotatable bonds is 8. The van der Waals surface area contributed by atoms with Gasteiger partial charge in [-0.15, -0.1) is 0 Å². The first-order valence-corrected chi connectivity index (χ1v) is 9.17. The second-order valence-electron chi connectivity index (χ2n) is 5.94. The highest BCUT2D eigenvalue weighted by Crippen LogP contribution is 2.24. The highest BCUT2D eigenvalue weighted by Gasteiger charge is 2.38. The van der Waals surface area contributed by atoms with Gasteiger partial charge in [0, 0.05) is 12.3 Å². The van der Waals surface area contributed by atoms with Crippen molar-refractivity contribution in [1.29, 1.82) is 0 Å². The summed E-state index contributed by atoms with van der Waals surface area (Å²) < 4.78 is 28.6. The fourth-order valence-corrected chi connectivity index (χ4v) is 2.86. The smallest absolute Gasteiger partial charge is 0.154 e. The molecule has 0 bridgehead atoms. The van der Waals surface area contributed by atoms with Crippen LogP contribution < -0.4 is 10.1 Å². The molecule has 21 heavy (non-hydrogen) atoms. The van der Waals surface area contributed by atoms with E-state index >= 15 is 0 Å². The Kier molecular flexibility index (Phi) is 6.23. The lowest BCUT2D eigenvalue weighted by Crippen LogP contribution is -2.52. The second kappa shape index (κ2) is 7.27. The summed E-state index contributed by atoms with van der Waals surface area (Å²) in [6.45, 7) is 6.45. The second-order valence-corrected chi connectivity index (χ2v) is 8.53. The maximum Gasteiger partial charge on any atom is 0.154 e. The fourth-order valence-electron chi connectivity index (χ4n) is 2.18. The molecule has 1 aromatic rings. The van der Waals surface area contributed by atoms with Gasteiger partial charge in [0.2, 0.25) is 0 Å². The average Bonchev–Trinajstić information content (AvgIpc) is 2.42. The molecule has 0 aliphatic heterocycles. The van der Waals surface area contributed by atoms with E-state index in [1.54, 1.807) is 21.0 Å². The van der Waals surface area contributed by atoms with E-state index in [9.17, 15) is 8.42 Å². The molecular weight excluding hydrogens is 286 g/mol. The van der Waals surface area contributed by atoms with Crippen LogP contribution in [0.5, 0.6) is 5.75 Å². The number of ether oxygens (including phenoxy) is 1. The van der Waals surface area contributed by atoms with Crippen molar-refractivity contribution in [3.8, 4) is 5.75 Å². The Morgan fingerprint density at radius 1 is 1.33 bits per heavy atom. The van der Waals surface area contributed by atoms with Crippen LogP contribution in [0.2, 0.25) is 0 Å². The Balaban J connectivity index is 3.03. The van der Waals surface area contributed by atoms with E-state index in [0.29, 0.717) is 6.42 Å². The molecule has 0 saturated heterocycles. The molecule has 0 saturated carbocycles. The summed E-state index contributed by atoms with van der Waals surface area (Å²) in [4.78, 5) is 0. The van der Waals surface area contributed by atoms with Crippen LogP contribution in [-0.2, 0) is 16.3 Å². The van der Waals surface area contributed by atoms with Crippen LogP contribution in [0.15, 0.2) is 24.3 Å². The first kappa shape index (κ1) is 18.0. The SMILES string of the molecule is CCCNC(Cc1cccc(OC)c1)C(C)(C)S(C)(=O)=O. The number of nitrogens with one attached hydrogen (secondary N) is 1. The monoisotopic (exact) mass is 313 g/mol. The van der Waals surface area contributed by atoms with Crippen LogP contribution in [0.25, 0.3) is 0 Å². The van der Waals surface area contributed by atoms with E-state index < -0.39 is 14.6 Å². The summed E-state index contributed by atoms with van der Waals surface area (Å²) in [5.74, 6) is 0.791. The van der Waals surface area contributed by atoms with Gasteiger partial charge < -0.3 is 10.1 Å². The van der Waals surface area contributed by atoms with Crippen molar-refractivity contribution in [2.75, 3.05) is 19.9 Å². The number of hydrogen-bond acceptors (Lipinski definition) is 4. The molecule has 0 amide bonds. The Hall–Kier alpha value is -1.07. The minimum Gasteiger partial charge on any atom is -0.497 e. The summed E-state index contributed by atoms with van der Waals surface area (Å²) >= 11 is 0. The van der Waals surface area contributed by atoms with Gasteiger partial charge in [-0.2, -0.15) is 0 Å². The van der Waals surface area contributed by atoms with Gasteiger partial charge in [-0.25, -0.2) is 8.42 Å². The quantitative estimate of drug-likeness (QED) is 0.801. The van der Waals surface area contributed by atoms with Gasteiger partial charge in [0.1, 0.15) is 5.75 Å². The first-order chi connectivity index (χ1) is 9.72. The fraction of sp³-hybridized carbons (Fsp3) is 0.625. The highest BCUT2D eigenvalue weighted by atomic mass is 32.2. The van der Waals surface area contributed by atoms with E-state index in [-0.39, 0.29) is 6.04 Å². The van der Waals surface area contributed by atoms with Gasteiger partial charge in [-0.1, -0.05) is 19.1 Å². The Morgan fingerprint density at radius 3 is 2.52 bits per heavy atom. The van der Waals surface area contributed by atoms with Crippen LogP contribution in [0.4, 0.5) is 0 Å². The maximum absolute atomic E-state index is 12.1. The summed E-state index contributed by atoms with van der Waals surface area (Å²) in [5.41, 5.74) is 1.07. The van der Waals surface area contributed by atoms with E-state index in [4.69, 9.17) is 4.74 Å². The van der Waals surface area contributed by atoms with E-state index in [2.05, 4.69) is 12.2 Å². The zero-order chi connectivity index (χ0) is 16.1. The van der Waals surface area contributed by atoms with Crippen molar-refractivity contribution in [3.63, 3.8) is 0 Å². The van der Waals surface area contributed by atoms with Crippen LogP contribution in [0, 0.1) is 0 Å². The third-order valence-corrected chi connectivity index (χ3v) is 6.21. The molecule has 0 fully saturated rings. The third kappa shape index (κ3) is 4.71. The van der Waals surface area contributed by atoms with E-state index in [1.165, 1.54) is 6.26 Å². The molecular formula is C16H27NO3S. The zero-order valence-electron chi connectivity index (χ0n) is 13.6. The zero-order valence-corrected chi connectivity index (χ0v) is 14.5. The number of benzene rings is 1. The summed E-state index contributed by atoms with van der Waals surface area (Å²) in [5, 5.41) is 3.38. The van der Waals surface area contributed by atoms with Gasteiger partial charge in [-0.05, 0) is 50.9 Å². The molecule has 0 aliphatic rings. The molecule has 0 radical (unpaired) electrons. The molecule has 4 nitrogen and oxygen atoms in total. The molecule has 0 spiro atoms. The van der Waals surface area contributed by atoms with Crippen molar-refractivity contribution >= 4 is 9.84 Å². The standard InChI is InChI=1S/C16H27NO3S/c1-6-10-17-15(16(2,3)21(5,18)19)12-13-8-7-9-14(11-13)20-4/h7-9,11,15,17H,6,10,12H2,1-5H3. The molecule has 1 rings (SSSR count). The summed E-state index contributed by atoms with van der Waals surface area (Å²) in [6, 6.07) is 7.64. The van der Waals surface area contributed by atoms with Crippen molar-refractivity contribution in [1.82, 2.24) is 5.32 Å². The Morgan fingerprint density at radius 2 is 2.00 bits per heavy atom. The largest absolute Gasteiger partial charge is 0.497 e. The lowest BCUT2D eigenvalue weighted by molar-refractivity contribution is 0.401. The van der Waals surface area contributed by atoms with Crippen LogP contribution in [0.1, 0.15) is 32.8 Å². The predicted molar refractivity (Wildman–Crippen MR) is 87.7 cm³/mol. The molecule has 120 valence electrons. The first-order valence-electron chi connectivity index (χ1n) is 7.28. The van der Waals surface area contributed by atoms with Crippen molar-refractivity contribution in [3.05, 3.63) is 29.8 Å². The maximum atomic E-state index is 12.1. The van der Waals surface area contributed by atoms with Gasteiger partial charge in [-0.3, -0.25) is 0 Å². The lowest BCUT2D eigenvalue weighted by Gasteiger charge is -2.33. The van der Waals surface area contributed by atoms with Gasteiger partial charge in [0.25, 0.3) is 0 Å². The van der Waals surface area contributed by atoms with Crippen LogP contribution in [-0.4, -0.2) is 39.1 Å². The Bertz CT molecular complexity index is 552. The number of methoxy groups -OCH3 is 1. The lowest BCUT2D eigenvalue weighted by atomic mass is 9.95. The van der Waals surface area contributed by atoms with Crippen LogP contribution >= 0.6 is 0 Å². The molecule has 1 unspecified atom stereocenters. The molecule has 1 N–H and O–H groups in total. The molecule has 5 heteroatoms. The van der Waals surface area contributed by atoms with Crippen molar-refractivity contribution in [2.45, 2.75) is 44.4 Å².